The van der Waals surface area contributed by atoms with Crippen LogP contribution >= 0.6 is 11.6 Å². The van der Waals surface area contributed by atoms with E-state index >= 15 is 0 Å². The average molecular weight is 408 g/mol. The Morgan fingerprint density at radius 1 is 1.34 bits per heavy atom. The Hall–Kier alpha value is -3.31. The highest BCUT2D eigenvalue weighted by Crippen LogP contribution is 2.35. The third-order valence-electron chi connectivity index (χ3n) is 4.56. The number of nitrogens with zero attached hydrogens (tertiary/aromatic N) is 6. The number of anilines is 2. The number of Topliss-reactive ketones (excluding diaryl/α,β-unsaturated/α-hetero) is 1. The van der Waals surface area contributed by atoms with Crippen molar-refractivity contribution in [3.63, 3.8) is 0 Å². The second-order valence-electron chi connectivity index (χ2n) is 7.04. The van der Waals surface area contributed by atoms with Gasteiger partial charge in [-0.1, -0.05) is 11.6 Å². The summed E-state index contributed by atoms with van der Waals surface area (Å²) in [5.41, 5.74) is 2.29. The molecule has 9 heteroatoms. The van der Waals surface area contributed by atoms with Gasteiger partial charge < -0.3 is 5.32 Å². The topological polar surface area (TPSA) is 109 Å². The number of hydrogen-bond acceptors (Lipinski definition) is 7. The highest BCUT2D eigenvalue weighted by Gasteiger charge is 2.24. The molecule has 1 fully saturated rings. The zero-order valence-corrected chi connectivity index (χ0v) is 16.5. The van der Waals surface area contributed by atoms with Crippen LogP contribution in [0.4, 0.5) is 11.6 Å². The number of hydrogen-bond donors (Lipinski definition) is 1. The number of carbonyl (C=O) groups is 1. The van der Waals surface area contributed by atoms with E-state index in [1.165, 1.54) is 6.20 Å². The minimum Gasteiger partial charge on any atom is -0.321 e. The summed E-state index contributed by atoms with van der Waals surface area (Å²) < 4.78 is 1.94. The lowest BCUT2D eigenvalue weighted by Gasteiger charge is -2.08. The number of rotatable bonds is 7. The van der Waals surface area contributed by atoms with Gasteiger partial charge in [0, 0.05) is 24.4 Å². The Morgan fingerprint density at radius 2 is 2.17 bits per heavy atom. The molecule has 8 nitrogen and oxygen atoms in total. The van der Waals surface area contributed by atoms with Gasteiger partial charge in [-0.15, -0.1) is 0 Å². The van der Waals surface area contributed by atoms with E-state index in [1.807, 2.05) is 10.9 Å². The summed E-state index contributed by atoms with van der Waals surface area (Å²) >= 11 is 6.28. The fraction of sp³-hybridized carbons (Fsp3) is 0.300. The highest BCUT2D eigenvalue weighted by atomic mass is 35.5. The fourth-order valence-electron chi connectivity index (χ4n) is 2.83. The summed E-state index contributed by atoms with van der Waals surface area (Å²) in [7, 11) is 0. The Balaban J connectivity index is 1.52. The van der Waals surface area contributed by atoms with Crippen molar-refractivity contribution in [3.05, 3.63) is 47.6 Å². The molecule has 1 atom stereocenters. The molecule has 1 N–H and O–H groups in total. The number of carbonyl (C=O) groups excluding carboxylic acids is 1. The molecule has 0 aromatic carbocycles. The van der Waals surface area contributed by atoms with E-state index in [1.54, 1.807) is 31.5 Å². The van der Waals surface area contributed by atoms with E-state index in [9.17, 15) is 4.79 Å². The van der Waals surface area contributed by atoms with E-state index in [-0.39, 0.29) is 18.1 Å². The quantitative estimate of drug-likeness (QED) is 0.584. The van der Waals surface area contributed by atoms with Gasteiger partial charge >= 0.3 is 0 Å². The molecule has 0 saturated heterocycles. The van der Waals surface area contributed by atoms with Crippen LogP contribution in [0.1, 0.15) is 42.7 Å². The van der Waals surface area contributed by atoms with Gasteiger partial charge in [0.25, 0.3) is 0 Å². The first-order chi connectivity index (χ1) is 14.0. The lowest BCUT2D eigenvalue weighted by molar-refractivity contribution is 0.0968. The van der Waals surface area contributed by atoms with Crippen molar-refractivity contribution in [1.82, 2.24) is 24.7 Å². The Kier molecular flexibility index (Phi) is 5.23. The van der Waals surface area contributed by atoms with Crippen LogP contribution in [-0.4, -0.2) is 30.5 Å². The SMILES string of the molecule is C[C@@H](C#N)CC(=O)c1ccc(-c2nc(Nc3cnn(C4CC4)c3)ncc2Cl)cn1. The van der Waals surface area contributed by atoms with Gasteiger partial charge in [-0.05, 0) is 31.9 Å². The maximum Gasteiger partial charge on any atom is 0.227 e. The van der Waals surface area contributed by atoms with Gasteiger partial charge in [0.1, 0.15) is 5.69 Å². The fourth-order valence-corrected chi connectivity index (χ4v) is 3.03. The molecule has 0 bridgehead atoms. The molecule has 1 aliphatic carbocycles. The first-order valence-electron chi connectivity index (χ1n) is 9.26. The van der Waals surface area contributed by atoms with Crippen molar-refractivity contribution in [2.24, 2.45) is 5.92 Å². The molecule has 0 radical (unpaired) electrons. The lowest BCUT2D eigenvalue weighted by Crippen LogP contribution is -2.06. The lowest BCUT2D eigenvalue weighted by atomic mass is 10.0. The second-order valence-corrected chi connectivity index (χ2v) is 7.45. The molecule has 0 unspecified atom stereocenters. The summed E-state index contributed by atoms with van der Waals surface area (Å²) in [5.74, 6) is -0.129. The monoisotopic (exact) mass is 407 g/mol. The highest BCUT2D eigenvalue weighted by molar-refractivity contribution is 6.32. The normalized spacial score (nSPS) is 14.2. The molecule has 1 aliphatic rings. The van der Waals surface area contributed by atoms with Gasteiger partial charge in [-0.25, -0.2) is 9.97 Å². The van der Waals surface area contributed by atoms with Crippen LogP contribution in [0.5, 0.6) is 0 Å². The van der Waals surface area contributed by atoms with Crippen molar-refractivity contribution in [2.75, 3.05) is 5.32 Å². The number of nitriles is 1. The van der Waals surface area contributed by atoms with Crippen LogP contribution in [0.3, 0.4) is 0 Å². The predicted molar refractivity (Wildman–Crippen MR) is 108 cm³/mol. The van der Waals surface area contributed by atoms with Crippen molar-refractivity contribution < 1.29 is 4.79 Å². The van der Waals surface area contributed by atoms with Crippen molar-refractivity contribution in [1.29, 1.82) is 5.26 Å². The van der Waals surface area contributed by atoms with E-state index in [2.05, 4.69) is 31.4 Å². The average Bonchev–Trinajstić information content (AvgIpc) is 3.48. The summed E-state index contributed by atoms with van der Waals surface area (Å²) in [6, 6.07) is 5.90. The van der Waals surface area contributed by atoms with Crippen LogP contribution in [0, 0.1) is 17.2 Å². The first kappa shape index (κ1) is 19.0. The summed E-state index contributed by atoms with van der Waals surface area (Å²) in [4.78, 5) is 25.1. The van der Waals surface area contributed by atoms with Gasteiger partial charge in [-0.2, -0.15) is 10.4 Å². The molecule has 0 aliphatic heterocycles. The summed E-state index contributed by atoms with van der Waals surface area (Å²) in [5, 5.41) is 16.7. The molecule has 29 heavy (non-hydrogen) atoms. The van der Waals surface area contributed by atoms with Gasteiger partial charge in [0.2, 0.25) is 5.95 Å². The zero-order valence-electron chi connectivity index (χ0n) is 15.7. The van der Waals surface area contributed by atoms with E-state index in [0.717, 1.165) is 18.5 Å². The van der Waals surface area contributed by atoms with E-state index in [0.29, 0.717) is 34.0 Å². The van der Waals surface area contributed by atoms with E-state index < -0.39 is 0 Å². The smallest absolute Gasteiger partial charge is 0.227 e. The molecule has 3 heterocycles. The second kappa shape index (κ2) is 7.97. The minimum absolute atomic E-state index is 0.139. The van der Waals surface area contributed by atoms with Crippen molar-refractivity contribution in [2.45, 2.75) is 32.2 Å². The van der Waals surface area contributed by atoms with Crippen molar-refractivity contribution >= 4 is 29.0 Å². The Morgan fingerprint density at radius 3 is 2.86 bits per heavy atom. The number of ketones is 1. The summed E-state index contributed by atoms with van der Waals surface area (Å²) in [6.07, 6.45) is 9.19. The van der Waals surface area contributed by atoms with E-state index in [4.69, 9.17) is 16.9 Å². The molecule has 0 spiro atoms. The molecule has 3 aromatic rings. The molecular weight excluding hydrogens is 390 g/mol. The molecule has 1 saturated carbocycles. The van der Waals surface area contributed by atoms with Gasteiger partial charge in [-0.3, -0.25) is 14.5 Å². The van der Waals surface area contributed by atoms with Crippen LogP contribution < -0.4 is 5.32 Å². The maximum atomic E-state index is 12.2. The Labute approximate surface area is 172 Å². The van der Waals surface area contributed by atoms with Crippen LogP contribution in [0.15, 0.2) is 36.9 Å². The summed E-state index contributed by atoms with van der Waals surface area (Å²) in [6.45, 7) is 1.70. The van der Waals surface area contributed by atoms with Crippen molar-refractivity contribution in [3.8, 4) is 17.3 Å². The first-order valence-corrected chi connectivity index (χ1v) is 9.64. The number of aromatic nitrogens is 5. The van der Waals surface area contributed by atoms with Gasteiger partial charge in [0.05, 0.1) is 46.8 Å². The number of halogens is 1. The zero-order chi connectivity index (χ0) is 20.4. The molecule has 3 aromatic heterocycles. The maximum absolute atomic E-state index is 12.2. The number of pyridine rings is 1. The minimum atomic E-state index is -0.349. The third-order valence-corrected chi connectivity index (χ3v) is 4.83. The van der Waals surface area contributed by atoms with Gasteiger partial charge in [0.15, 0.2) is 5.78 Å². The Bertz CT molecular complexity index is 1080. The van der Waals surface area contributed by atoms with Crippen LogP contribution in [0.25, 0.3) is 11.3 Å². The molecule has 0 amide bonds. The van der Waals surface area contributed by atoms with Crippen LogP contribution in [-0.2, 0) is 0 Å². The molecule has 146 valence electrons. The largest absolute Gasteiger partial charge is 0.321 e. The predicted octanol–water partition coefficient (Wildman–Crippen LogP) is 4.20. The standard InChI is InChI=1S/C20H18ClN7O/c1-12(7-22)6-18(29)17-5-2-13(8-23-17)19-16(21)10-24-20(27-19)26-14-9-25-28(11-14)15-3-4-15/h2,5,8-12,15H,3-4,6H2,1H3,(H,24,26,27)/t12-/m1/s1. The number of nitrogens with one attached hydrogen (secondary N) is 1. The molecular formula is C20H18ClN7O. The van der Waals surface area contributed by atoms with Crippen LogP contribution in [0.2, 0.25) is 5.02 Å². The molecule has 4 rings (SSSR count). The third kappa shape index (κ3) is 4.41.